The maximum atomic E-state index is 6.54. The van der Waals surface area contributed by atoms with Gasteiger partial charge in [-0.3, -0.25) is 0 Å². The highest BCUT2D eigenvalue weighted by molar-refractivity contribution is 6.53. The Kier molecular flexibility index (Phi) is 8.98. The van der Waals surface area contributed by atoms with Gasteiger partial charge < -0.3 is 0 Å². The summed E-state index contributed by atoms with van der Waals surface area (Å²) in [5, 5.41) is 0.732. The molecular formula is C19H3Cl12. The minimum Gasteiger partial charge on any atom is -0.0839 e. The van der Waals surface area contributed by atoms with Crippen LogP contribution < -0.4 is 0 Å². The predicted molar refractivity (Wildman–Crippen MR) is 140 cm³/mol. The van der Waals surface area contributed by atoms with Crippen LogP contribution in [-0.2, 0) is 0 Å². The number of hydrogen-bond acceptors (Lipinski definition) is 0. The molecule has 0 fully saturated rings. The Hall–Kier alpha value is 1.14. The van der Waals surface area contributed by atoms with Gasteiger partial charge in [0.05, 0.1) is 51.1 Å². The van der Waals surface area contributed by atoms with Crippen molar-refractivity contribution in [3.05, 3.63) is 101 Å². The molecule has 0 aliphatic heterocycles. The molecule has 0 aromatic heterocycles. The Bertz CT molecular complexity index is 1070. The van der Waals surface area contributed by atoms with Crippen LogP contribution in [0.4, 0.5) is 0 Å². The van der Waals surface area contributed by atoms with Crippen LogP contribution in [0.3, 0.4) is 0 Å². The molecule has 0 saturated carbocycles. The number of halogens is 12. The first-order valence-electron chi connectivity index (χ1n) is 7.75. The van der Waals surface area contributed by atoms with Crippen molar-refractivity contribution in [2.45, 2.75) is 0 Å². The second-order valence-electron chi connectivity index (χ2n) is 5.90. The van der Waals surface area contributed by atoms with E-state index in [-0.39, 0.29) is 82.9 Å². The van der Waals surface area contributed by atoms with E-state index in [9.17, 15) is 0 Å². The second-order valence-corrected chi connectivity index (χ2v) is 10.6. The van der Waals surface area contributed by atoms with Gasteiger partial charge in [0.2, 0.25) is 0 Å². The fourth-order valence-electron chi connectivity index (χ4n) is 2.76. The van der Waals surface area contributed by atoms with Crippen LogP contribution in [0.15, 0.2) is 18.2 Å². The molecule has 0 atom stereocenters. The summed E-state index contributed by atoms with van der Waals surface area (Å²) < 4.78 is 0. The summed E-state index contributed by atoms with van der Waals surface area (Å²) in [7, 11) is 0. The zero-order valence-corrected chi connectivity index (χ0v) is 23.3. The van der Waals surface area contributed by atoms with Crippen molar-refractivity contribution < 1.29 is 0 Å². The van der Waals surface area contributed by atoms with Crippen LogP contribution in [0.25, 0.3) is 0 Å². The molecule has 3 aromatic carbocycles. The Balaban J connectivity index is 2.56. The van der Waals surface area contributed by atoms with E-state index in [4.69, 9.17) is 139 Å². The Morgan fingerprint density at radius 2 is 0.548 bits per heavy atom. The molecule has 0 amide bonds. The normalized spacial score (nSPS) is 11.5. The molecule has 0 aliphatic rings. The van der Waals surface area contributed by atoms with Gasteiger partial charge in [-0.2, -0.15) is 0 Å². The predicted octanol–water partition coefficient (Wildman–Crippen LogP) is 12.5. The molecule has 3 aromatic rings. The van der Waals surface area contributed by atoms with Gasteiger partial charge >= 0.3 is 0 Å². The quantitative estimate of drug-likeness (QED) is 0.150. The number of hydrogen-bond donors (Lipinski definition) is 0. The SMILES string of the molecule is Clc1cc(Cl)c([C](c2c(Cl)cc(Cl)c(Cl)c2Cl)c2c(Cl)cc(Cl)c(Cl)c2Cl)c(Cl)c1Cl. The van der Waals surface area contributed by atoms with E-state index in [1.165, 1.54) is 18.2 Å². The maximum absolute atomic E-state index is 6.54. The van der Waals surface area contributed by atoms with E-state index < -0.39 is 0 Å². The van der Waals surface area contributed by atoms with E-state index >= 15 is 0 Å². The van der Waals surface area contributed by atoms with Crippen molar-refractivity contribution in [3.8, 4) is 0 Å². The average Bonchev–Trinajstić information content (AvgIpc) is 2.68. The highest BCUT2D eigenvalue weighted by Gasteiger charge is 2.34. The van der Waals surface area contributed by atoms with Crippen LogP contribution in [0.2, 0.25) is 60.3 Å². The van der Waals surface area contributed by atoms with Gasteiger partial charge in [-0.15, -0.1) is 0 Å². The van der Waals surface area contributed by atoms with Crippen molar-refractivity contribution >= 4 is 139 Å². The standard InChI is InChI=1S/C19H3Cl12/c20-4-1-7(23)14(26)17(29)10(4)13(11-5(21)2-8(24)15(27)18(11)30)12-6(22)3-9(25)16(28)19(12)31/h1-3H. The zero-order chi connectivity index (χ0) is 23.4. The third-order valence-corrected chi connectivity index (χ3v) is 8.77. The van der Waals surface area contributed by atoms with Gasteiger partial charge in [0.1, 0.15) is 0 Å². The summed E-state index contributed by atoms with van der Waals surface area (Å²) in [6, 6.07) is 4.18. The third-order valence-electron chi connectivity index (χ3n) is 4.09. The van der Waals surface area contributed by atoms with Gasteiger partial charge in [0.25, 0.3) is 0 Å². The minimum atomic E-state index is -0.00872. The van der Waals surface area contributed by atoms with Gasteiger partial charge in [-0.25, -0.2) is 0 Å². The lowest BCUT2D eigenvalue weighted by atomic mass is 9.84. The van der Waals surface area contributed by atoms with Gasteiger partial charge in [0, 0.05) is 31.8 Å². The first kappa shape index (κ1) is 26.7. The number of rotatable bonds is 3. The molecule has 31 heavy (non-hydrogen) atoms. The van der Waals surface area contributed by atoms with Gasteiger partial charge in [-0.05, 0) is 18.2 Å². The molecule has 0 heterocycles. The van der Waals surface area contributed by atoms with Crippen LogP contribution in [0.5, 0.6) is 0 Å². The van der Waals surface area contributed by atoms with Crippen molar-refractivity contribution in [2.75, 3.05) is 0 Å². The molecule has 0 saturated heterocycles. The Morgan fingerprint density at radius 1 is 0.323 bits per heavy atom. The average molecular weight is 657 g/mol. The first-order valence-corrected chi connectivity index (χ1v) is 12.3. The van der Waals surface area contributed by atoms with E-state index in [2.05, 4.69) is 0 Å². The van der Waals surface area contributed by atoms with Crippen LogP contribution in [0.1, 0.15) is 16.7 Å². The van der Waals surface area contributed by atoms with Crippen LogP contribution in [-0.4, -0.2) is 0 Å². The maximum Gasteiger partial charge on any atom is 0.0782 e. The molecule has 12 heteroatoms. The van der Waals surface area contributed by atoms with E-state index in [1.807, 2.05) is 0 Å². The van der Waals surface area contributed by atoms with Crippen molar-refractivity contribution in [3.63, 3.8) is 0 Å². The summed E-state index contributed by atoms with van der Waals surface area (Å²) in [5.41, 5.74) is 0.548. The molecular weight excluding hydrogens is 654 g/mol. The Morgan fingerprint density at radius 3 is 0.774 bits per heavy atom. The summed E-state index contributed by atoms with van der Waals surface area (Å²) >= 11 is 76.3. The highest BCUT2D eigenvalue weighted by atomic mass is 35.5. The van der Waals surface area contributed by atoms with Gasteiger partial charge in [-0.1, -0.05) is 139 Å². The first-order chi connectivity index (χ1) is 14.4. The van der Waals surface area contributed by atoms with E-state index in [0.29, 0.717) is 0 Å². The van der Waals surface area contributed by atoms with E-state index in [0.717, 1.165) is 0 Å². The molecule has 0 nitrogen and oxygen atoms in total. The summed E-state index contributed by atoms with van der Waals surface area (Å²) in [6.07, 6.45) is 0. The molecule has 0 spiro atoms. The lowest BCUT2D eigenvalue weighted by molar-refractivity contribution is 1.23. The third kappa shape index (κ3) is 4.94. The molecule has 0 bridgehead atoms. The lowest BCUT2D eigenvalue weighted by Gasteiger charge is -2.26. The highest BCUT2D eigenvalue weighted by Crippen LogP contribution is 2.54. The number of benzene rings is 3. The van der Waals surface area contributed by atoms with Crippen molar-refractivity contribution in [1.82, 2.24) is 0 Å². The lowest BCUT2D eigenvalue weighted by Crippen LogP contribution is -2.10. The van der Waals surface area contributed by atoms with Crippen LogP contribution >= 0.6 is 139 Å². The molecule has 163 valence electrons. The second kappa shape index (κ2) is 10.4. The van der Waals surface area contributed by atoms with Crippen molar-refractivity contribution in [1.29, 1.82) is 0 Å². The fourth-order valence-corrected chi connectivity index (χ4v) is 6.07. The molecule has 0 N–H and O–H groups in total. The summed E-state index contributed by atoms with van der Waals surface area (Å²) in [5.74, 6) is 0.190. The minimum absolute atomic E-state index is 0.00872. The summed E-state index contributed by atoms with van der Waals surface area (Å²) in [6.45, 7) is 0. The molecule has 1 radical (unpaired) electrons. The van der Waals surface area contributed by atoms with Crippen molar-refractivity contribution in [2.24, 2.45) is 0 Å². The van der Waals surface area contributed by atoms with Gasteiger partial charge in [0.15, 0.2) is 0 Å². The van der Waals surface area contributed by atoms with Crippen LogP contribution in [0, 0.1) is 5.92 Å². The molecule has 3 rings (SSSR count). The monoisotopic (exact) mass is 651 g/mol. The smallest absolute Gasteiger partial charge is 0.0782 e. The fraction of sp³-hybridized carbons (Fsp3) is 0. The van der Waals surface area contributed by atoms with E-state index in [1.54, 1.807) is 0 Å². The Labute approximate surface area is 238 Å². The molecule has 0 unspecified atom stereocenters. The molecule has 0 aliphatic carbocycles. The summed E-state index contributed by atoms with van der Waals surface area (Å²) in [4.78, 5) is 0. The topological polar surface area (TPSA) is 0 Å². The largest absolute Gasteiger partial charge is 0.0839 e. The zero-order valence-electron chi connectivity index (χ0n) is 14.3.